The first-order valence-electron chi connectivity index (χ1n) is 7.39. The number of imidazole rings is 1. The number of aromatic nitrogens is 3. The molecule has 6 nitrogen and oxygen atoms in total. The maximum atomic E-state index is 12.8. The van der Waals surface area contributed by atoms with Crippen LogP contribution in [0.25, 0.3) is 0 Å². The molecule has 0 aliphatic carbocycles. The number of nitrogens with one attached hydrogen (secondary N) is 1. The van der Waals surface area contributed by atoms with Crippen molar-refractivity contribution in [3.8, 4) is 0 Å². The van der Waals surface area contributed by atoms with Crippen molar-refractivity contribution in [1.29, 1.82) is 0 Å². The van der Waals surface area contributed by atoms with Gasteiger partial charge in [0.05, 0.1) is 11.1 Å². The van der Waals surface area contributed by atoms with Crippen molar-refractivity contribution in [2.24, 2.45) is 7.05 Å². The number of pyridine rings is 1. The molecule has 2 aromatic heterocycles. The van der Waals surface area contributed by atoms with Gasteiger partial charge in [-0.1, -0.05) is 0 Å². The van der Waals surface area contributed by atoms with Crippen LogP contribution in [0.3, 0.4) is 0 Å². The van der Waals surface area contributed by atoms with Crippen LogP contribution >= 0.6 is 0 Å². The van der Waals surface area contributed by atoms with Gasteiger partial charge in [-0.15, -0.1) is 0 Å². The second kappa shape index (κ2) is 6.23. The summed E-state index contributed by atoms with van der Waals surface area (Å²) in [6, 6.07) is 0.494. The van der Waals surface area contributed by atoms with E-state index in [1.807, 2.05) is 7.05 Å². The predicted octanol–water partition coefficient (Wildman–Crippen LogP) is 1.62. The van der Waals surface area contributed by atoms with Crippen molar-refractivity contribution in [3.63, 3.8) is 0 Å². The van der Waals surface area contributed by atoms with Crippen molar-refractivity contribution in [3.05, 3.63) is 47.8 Å². The highest BCUT2D eigenvalue weighted by Gasteiger charge is 2.34. The molecule has 3 heterocycles. The van der Waals surface area contributed by atoms with Gasteiger partial charge in [-0.05, 0) is 6.07 Å². The predicted molar refractivity (Wildman–Crippen MR) is 79.1 cm³/mol. The lowest BCUT2D eigenvalue weighted by Gasteiger charge is -2.35. The fourth-order valence-corrected chi connectivity index (χ4v) is 2.75. The Labute approximate surface area is 136 Å². The molecular weight excluding hydrogens is 323 g/mol. The van der Waals surface area contributed by atoms with Crippen LogP contribution in [-0.4, -0.2) is 45.0 Å². The summed E-state index contributed by atoms with van der Waals surface area (Å²) in [7, 11) is 1.81. The summed E-state index contributed by atoms with van der Waals surface area (Å²) in [5.74, 6) is 0.193. The second-order valence-electron chi connectivity index (χ2n) is 5.57. The summed E-state index contributed by atoms with van der Waals surface area (Å²) in [4.78, 5) is 22.1. The molecule has 0 aromatic carbocycles. The lowest BCUT2D eigenvalue weighted by atomic mass is 10.1. The lowest BCUT2D eigenvalue weighted by Crippen LogP contribution is -2.49. The van der Waals surface area contributed by atoms with Crippen LogP contribution in [0.4, 0.5) is 13.2 Å². The molecule has 0 saturated carbocycles. The van der Waals surface area contributed by atoms with Gasteiger partial charge >= 0.3 is 6.18 Å². The molecule has 0 radical (unpaired) electrons. The number of alkyl halides is 3. The number of hydrogen-bond donors (Lipinski definition) is 1. The van der Waals surface area contributed by atoms with Gasteiger partial charge in [0.15, 0.2) is 0 Å². The Bertz CT molecular complexity index is 743. The number of rotatable bonds is 2. The number of aryl methyl sites for hydroxylation is 1. The maximum absolute atomic E-state index is 12.8. The quantitative estimate of drug-likeness (QED) is 0.903. The highest BCUT2D eigenvalue weighted by molar-refractivity contribution is 5.94. The first-order chi connectivity index (χ1) is 11.4. The summed E-state index contributed by atoms with van der Waals surface area (Å²) in [6.07, 6.45) is 0.725. The Morgan fingerprint density at radius 2 is 2.17 bits per heavy atom. The smallest absolute Gasteiger partial charge is 0.336 e. The summed E-state index contributed by atoms with van der Waals surface area (Å²) >= 11 is 0. The first kappa shape index (κ1) is 16.4. The summed E-state index contributed by atoms with van der Waals surface area (Å²) in [6.45, 7) is 1.44. The minimum atomic E-state index is -4.54. The van der Waals surface area contributed by atoms with Gasteiger partial charge in [0.2, 0.25) is 0 Å². The molecule has 9 heteroatoms. The summed E-state index contributed by atoms with van der Waals surface area (Å²) < 4.78 is 40.3. The molecule has 3 rings (SSSR count). The number of carbonyl (C=O) groups is 1. The van der Waals surface area contributed by atoms with Crippen molar-refractivity contribution in [2.75, 3.05) is 19.6 Å². The van der Waals surface area contributed by atoms with E-state index in [2.05, 4.69) is 15.3 Å². The molecule has 1 aliphatic rings. The van der Waals surface area contributed by atoms with Crippen LogP contribution in [0.2, 0.25) is 0 Å². The van der Waals surface area contributed by atoms with Gasteiger partial charge in [-0.25, -0.2) is 4.98 Å². The molecule has 128 valence electrons. The normalized spacial score (nSPS) is 18.7. The number of nitrogens with zero attached hydrogens (tertiary/aromatic N) is 4. The minimum Gasteiger partial charge on any atom is -0.336 e. The van der Waals surface area contributed by atoms with Crippen LogP contribution < -0.4 is 5.32 Å². The molecule has 0 bridgehead atoms. The van der Waals surface area contributed by atoms with E-state index in [4.69, 9.17) is 0 Å². The topological polar surface area (TPSA) is 63.1 Å². The van der Waals surface area contributed by atoms with Gasteiger partial charge in [-0.2, -0.15) is 13.2 Å². The standard InChI is InChI=1S/C15H16F3N5O/c1-22-4-3-21-13(22)12-9-19-2-5-23(12)14(24)10-6-11(8-20-7-10)15(16,17)18/h3-4,6-8,12,19H,2,5,9H2,1H3. The number of piperazine rings is 1. The van der Waals surface area contributed by atoms with E-state index >= 15 is 0 Å². The van der Waals surface area contributed by atoms with E-state index < -0.39 is 17.6 Å². The van der Waals surface area contributed by atoms with Gasteiger partial charge in [0.1, 0.15) is 11.9 Å². The fraction of sp³-hybridized carbons (Fsp3) is 0.400. The highest BCUT2D eigenvalue weighted by Crippen LogP contribution is 2.30. The first-order valence-corrected chi connectivity index (χ1v) is 7.39. The Kier molecular flexibility index (Phi) is 4.27. The zero-order valence-corrected chi connectivity index (χ0v) is 12.9. The largest absolute Gasteiger partial charge is 0.417 e. The van der Waals surface area contributed by atoms with Gasteiger partial charge < -0.3 is 14.8 Å². The van der Waals surface area contributed by atoms with Gasteiger partial charge in [0, 0.05) is 51.5 Å². The molecule has 2 aromatic rings. The fourth-order valence-electron chi connectivity index (χ4n) is 2.75. The number of amides is 1. The highest BCUT2D eigenvalue weighted by atomic mass is 19.4. The van der Waals surface area contributed by atoms with Crippen LogP contribution in [0.1, 0.15) is 27.8 Å². The molecular formula is C15H16F3N5O. The van der Waals surface area contributed by atoms with Crippen LogP contribution in [-0.2, 0) is 13.2 Å². The van der Waals surface area contributed by atoms with Crippen LogP contribution in [0.15, 0.2) is 30.9 Å². The van der Waals surface area contributed by atoms with Gasteiger partial charge in [0.25, 0.3) is 5.91 Å². The van der Waals surface area contributed by atoms with Crippen LogP contribution in [0, 0.1) is 0 Å². The average molecular weight is 339 g/mol. The third kappa shape index (κ3) is 3.12. The molecule has 1 fully saturated rings. The van der Waals surface area contributed by atoms with E-state index in [1.54, 1.807) is 17.0 Å². The maximum Gasteiger partial charge on any atom is 0.417 e. The molecule has 1 aliphatic heterocycles. The molecule has 1 saturated heterocycles. The van der Waals surface area contributed by atoms with E-state index in [9.17, 15) is 18.0 Å². The van der Waals surface area contributed by atoms with E-state index in [0.29, 0.717) is 31.7 Å². The molecule has 1 atom stereocenters. The number of carbonyl (C=O) groups excluding carboxylic acids is 1. The number of halogens is 3. The Morgan fingerprint density at radius 1 is 1.38 bits per heavy atom. The van der Waals surface area contributed by atoms with E-state index in [0.717, 1.165) is 12.3 Å². The lowest BCUT2D eigenvalue weighted by molar-refractivity contribution is -0.137. The molecule has 1 N–H and O–H groups in total. The molecule has 1 amide bonds. The SMILES string of the molecule is Cn1ccnc1C1CNCCN1C(=O)c1cncc(C(F)(F)F)c1. The molecule has 24 heavy (non-hydrogen) atoms. The second-order valence-corrected chi connectivity index (χ2v) is 5.57. The minimum absolute atomic E-state index is 0.0778. The Hall–Kier alpha value is -2.42. The average Bonchev–Trinajstić information content (AvgIpc) is 2.99. The van der Waals surface area contributed by atoms with Gasteiger partial charge in [-0.3, -0.25) is 9.78 Å². The summed E-state index contributed by atoms with van der Waals surface area (Å²) in [5, 5.41) is 3.18. The van der Waals surface area contributed by atoms with Crippen molar-refractivity contribution in [2.45, 2.75) is 12.2 Å². The molecule has 0 spiro atoms. The van der Waals surface area contributed by atoms with Crippen molar-refractivity contribution >= 4 is 5.91 Å². The Morgan fingerprint density at radius 3 is 2.83 bits per heavy atom. The zero-order chi connectivity index (χ0) is 17.3. The van der Waals surface area contributed by atoms with Crippen molar-refractivity contribution in [1.82, 2.24) is 24.8 Å². The van der Waals surface area contributed by atoms with E-state index in [-0.39, 0.29) is 11.6 Å². The van der Waals surface area contributed by atoms with Crippen molar-refractivity contribution < 1.29 is 18.0 Å². The summed E-state index contributed by atoms with van der Waals surface area (Å²) in [5.41, 5.74) is -1.01. The zero-order valence-electron chi connectivity index (χ0n) is 12.9. The monoisotopic (exact) mass is 339 g/mol. The number of hydrogen-bond acceptors (Lipinski definition) is 4. The molecule has 1 unspecified atom stereocenters. The van der Waals surface area contributed by atoms with E-state index in [1.165, 1.54) is 4.90 Å². The Balaban J connectivity index is 1.91. The van der Waals surface area contributed by atoms with Crippen LogP contribution in [0.5, 0.6) is 0 Å². The third-order valence-corrected chi connectivity index (χ3v) is 3.97. The third-order valence-electron chi connectivity index (χ3n) is 3.97.